The zero-order valence-corrected chi connectivity index (χ0v) is 11.2. The molecule has 0 radical (unpaired) electrons. The third-order valence-electron chi connectivity index (χ3n) is 3.38. The van der Waals surface area contributed by atoms with Crippen molar-refractivity contribution in [1.29, 1.82) is 0 Å². The average Bonchev–Trinajstić information content (AvgIpc) is 2.17. The fraction of sp³-hybridized carbons (Fsp3) is 0.733. The fourth-order valence-corrected chi connectivity index (χ4v) is 2.46. The van der Waals surface area contributed by atoms with Crippen LogP contribution in [0.1, 0.15) is 59.8 Å². The summed E-state index contributed by atoms with van der Waals surface area (Å²) in [4.78, 5) is 0. The Labute approximate surface area is 100 Å². The Morgan fingerprint density at radius 2 is 2.12 bits per heavy atom. The summed E-state index contributed by atoms with van der Waals surface area (Å²) in [6.07, 6.45) is 9.74. The Kier molecular flexibility index (Phi) is 4.79. The molecule has 0 aromatic carbocycles. The van der Waals surface area contributed by atoms with Gasteiger partial charge in [-0.05, 0) is 65.7 Å². The van der Waals surface area contributed by atoms with Crippen LogP contribution in [0.4, 0.5) is 0 Å². The van der Waals surface area contributed by atoms with Crippen molar-refractivity contribution in [1.82, 2.24) is 0 Å². The van der Waals surface area contributed by atoms with Crippen molar-refractivity contribution in [2.75, 3.05) is 0 Å². The molecule has 1 aliphatic rings. The minimum absolute atomic E-state index is 0.477. The van der Waals surface area contributed by atoms with Crippen LogP contribution in [-0.4, -0.2) is 10.7 Å². The summed E-state index contributed by atoms with van der Waals surface area (Å²) in [5.74, 6) is 0.603. The number of allylic oxidation sites excluding steroid dienone is 4. The lowest BCUT2D eigenvalue weighted by molar-refractivity contribution is 0.0387. The van der Waals surface area contributed by atoms with E-state index in [2.05, 4.69) is 32.9 Å². The van der Waals surface area contributed by atoms with E-state index in [0.29, 0.717) is 5.92 Å². The summed E-state index contributed by atoms with van der Waals surface area (Å²) in [5, 5.41) is 10.2. The van der Waals surface area contributed by atoms with Gasteiger partial charge in [0.2, 0.25) is 0 Å². The summed E-state index contributed by atoms with van der Waals surface area (Å²) in [5.41, 5.74) is 2.38. The van der Waals surface area contributed by atoms with Gasteiger partial charge in [0.15, 0.2) is 0 Å². The van der Waals surface area contributed by atoms with Gasteiger partial charge >= 0.3 is 0 Å². The van der Waals surface area contributed by atoms with Gasteiger partial charge in [0, 0.05) is 0 Å². The Morgan fingerprint density at radius 1 is 1.44 bits per heavy atom. The van der Waals surface area contributed by atoms with Gasteiger partial charge in [0.1, 0.15) is 0 Å². The van der Waals surface area contributed by atoms with E-state index >= 15 is 0 Å². The lowest BCUT2D eigenvalue weighted by atomic mass is 9.89. The lowest BCUT2D eigenvalue weighted by Crippen LogP contribution is -2.24. The summed E-state index contributed by atoms with van der Waals surface area (Å²) >= 11 is 0. The van der Waals surface area contributed by atoms with Crippen molar-refractivity contribution in [3.8, 4) is 0 Å². The van der Waals surface area contributed by atoms with E-state index in [1.54, 1.807) is 0 Å². The van der Waals surface area contributed by atoms with E-state index in [4.69, 9.17) is 0 Å². The second-order valence-electron chi connectivity index (χ2n) is 5.83. The molecule has 0 spiro atoms. The summed E-state index contributed by atoms with van der Waals surface area (Å²) < 4.78 is 0. The molecule has 0 saturated carbocycles. The average molecular weight is 222 g/mol. The Bertz CT molecular complexity index is 280. The molecule has 0 aromatic heterocycles. The molecule has 16 heavy (non-hydrogen) atoms. The maximum atomic E-state index is 10.2. The fourth-order valence-electron chi connectivity index (χ4n) is 2.46. The van der Waals surface area contributed by atoms with Gasteiger partial charge in [0.05, 0.1) is 5.60 Å². The highest BCUT2D eigenvalue weighted by molar-refractivity contribution is 5.07. The van der Waals surface area contributed by atoms with Crippen LogP contribution >= 0.6 is 0 Å². The van der Waals surface area contributed by atoms with Crippen LogP contribution in [0, 0.1) is 5.92 Å². The normalized spacial score (nSPS) is 35.3. The predicted octanol–water partition coefficient (Wildman–Crippen LogP) is 4.23. The van der Waals surface area contributed by atoms with E-state index in [-0.39, 0.29) is 0 Å². The monoisotopic (exact) mass is 222 g/mol. The molecule has 0 unspecified atom stereocenters. The molecule has 2 atom stereocenters. The minimum atomic E-state index is -0.477. The van der Waals surface area contributed by atoms with E-state index < -0.39 is 5.60 Å². The van der Waals surface area contributed by atoms with Gasteiger partial charge in [-0.3, -0.25) is 0 Å². The number of hydrogen-bond donors (Lipinski definition) is 1. The van der Waals surface area contributed by atoms with E-state index in [9.17, 15) is 5.11 Å². The van der Waals surface area contributed by atoms with Crippen molar-refractivity contribution in [2.45, 2.75) is 65.4 Å². The number of hydrogen-bond acceptors (Lipinski definition) is 1. The van der Waals surface area contributed by atoms with E-state index in [1.807, 2.05) is 6.92 Å². The first-order valence-corrected chi connectivity index (χ1v) is 6.42. The Morgan fingerprint density at radius 3 is 2.75 bits per heavy atom. The molecule has 0 aliphatic heterocycles. The third-order valence-corrected chi connectivity index (χ3v) is 3.38. The minimum Gasteiger partial charge on any atom is -0.390 e. The van der Waals surface area contributed by atoms with Crippen molar-refractivity contribution < 1.29 is 5.11 Å². The predicted molar refractivity (Wildman–Crippen MR) is 70.4 cm³/mol. The molecule has 0 aromatic rings. The van der Waals surface area contributed by atoms with Gasteiger partial charge in [-0.25, -0.2) is 0 Å². The zero-order valence-electron chi connectivity index (χ0n) is 11.2. The standard InChI is InChI=1S/C15H26O/c1-12(2)10-14-7-9-15(4,16)8-5-6-13(3)11-14/h6,10,14,16H,5,7-9,11H2,1-4H3/b13-6-/t14-,15+/m0/s1. The molecule has 0 heterocycles. The molecular weight excluding hydrogens is 196 g/mol. The van der Waals surface area contributed by atoms with Gasteiger partial charge in [0.25, 0.3) is 0 Å². The maximum Gasteiger partial charge on any atom is 0.0623 e. The van der Waals surface area contributed by atoms with Gasteiger partial charge in [-0.15, -0.1) is 0 Å². The quantitative estimate of drug-likeness (QED) is 0.658. The molecule has 1 rings (SSSR count). The molecule has 0 fully saturated rings. The number of aliphatic hydroxyl groups is 1. The van der Waals surface area contributed by atoms with Crippen molar-refractivity contribution in [2.24, 2.45) is 5.92 Å². The van der Waals surface area contributed by atoms with Crippen LogP contribution in [0.25, 0.3) is 0 Å². The van der Waals surface area contributed by atoms with Crippen LogP contribution in [0.3, 0.4) is 0 Å². The molecule has 1 aliphatic carbocycles. The summed E-state index contributed by atoms with van der Waals surface area (Å²) in [7, 11) is 0. The highest BCUT2D eigenvalue weighted by Gasteiger charge is 2.22. The topological polar surface area (TPSA) is 20.2 Å². The molecular formula is C15H26O. The highest BCUT2D eigenvalue weighted by atomic mass is 16.3. The molecule has 0 bridgehead atoms. The van der Waals surface area contributed by atoms with Crippen molar-refractivity contribution in [3.05, 3.63) is 23.3 Å². The van der Waals surface area contributed by atoms with Gasteiger partial charge < -0.3 is 5.11 Å². The van der Waals surface area contributed by atoms with Crippen molar-refractivity contribution in [3.63, 3.8) is 0 Å². The van der Waals surface area contributed by atoms with Crippen LogP contribution in [-0.2, 0) is 0 Å². The maximum absolute atomic E-state index is 10.2. The summed E-state index contributed by atoms with van der Waals surface area (Å²) in [6, 6.07) is 0. The second-order valence-corrected chi connectivity index (χ2v) is 5.83. The smallest absolute Gasteiger partial charge is 0.0623 e. The van der Waals surface area contributed by atoms with Crippen molar-refractivity contribution >= 4 is 0 Å². The SMILES string of the molecule is CC(C)=C[C@@H]1CC[C@](C)(O)CC/C=C(/C)C1. The van der Waals surface area contributed by atoms with Crippen LogP contribution in [0.15, 0.2) is 23.3 Å². The molecule has 1 N–H and O–H groups in total. The molecule has 0 saturated heterocycles. The number of rotatable bonds is 1. The molecule has 1 heteroatoms. The van der Waals surface area contributed by atoms with E-state index in [1.165, 1.54) is 11.1 Å². The summed E-state index contributed by atoms with van der Waals surface area (Å²) in [6.45, 7) is 8.50. The van der Waals surface area contributed by atoms with E-state index in [0.717, 1.165) is 32.1 Å². The first-order valence-electron chi connectivity index (χ1n) is 6.42. The zero-order chi connectivity index (χ0) is 12.2. The molecule has 1 nitrogen and oxygen atoms in total. The third kappa shape index (κ3) is 4.98. The molecule has 92 valence electrons. The Hall–Kier alpha value is -0.560. The van der Waals surface area contributed by atoms with Gasteiger partial charge in [-0.1, -0.05) is 23.3 Å². The second kappa shape index (κ2) is 5.67. The largest absolute Gasteiger partial charge is 0.390 e. The van der Waals surface area contributed by atoms with Gasteiger partial charge in [-0.2, -0.15) is 0 Å². The van der Waals surface area contributed by atoms with Crippen LogP contribution in [0.2, 0.25) is 0 Å². The van der Waals surface area contributed by atoms with Crippen LogP contribution in [0.5, 0.6) is 0 Å². The van der Waals surface area contributed by atoms with Crippen LogP contribution < -0.4 is 0 Å². The first-order chi connectivity index (χ1) is 7.39. The molecule has 0 amide bonds. The highest BCUT2D eigenvalue weighted by Crippen LogP contribution is 2.29. The Balaban J connectivity index is 2.75. The first kappa shape index (κ1) is 13.5. The lowest BCUT2D eigenvalue weighted by Gasteiger charge is -2.23.